The van der Waals surface area contributed by atoms with E-state index in [1.807, 2.05) is 18.2 Å². The lowest BCUT2D eigenvalue weighted by molar-refractivity contribution is 0.0501. The normalized spacial score (nSPS) is 10.4. The van der Waals surface area contributed by atoms with Crippen LogP contribution in [0.15, 0.2) is 30.3 Å². The Bertz CT molecular complexity index is 532. The molecule has 0 aliphatic rings. The number of aryl methyl sites for hydroxylation is 2. The maximum Gasteiger partial charge on any atom is 0.343 e. The molecule has 0 saturated heterocycles. The molecule has 0 saturated carbocycles. The Labute approximate surface area is 116 Å². The van der Waals surface area contributed by atoms with Gasteiger partial charge in [-0.25, -0.2) is 4.79 Å². The summed E-state index contributed by atoms with van der Waals surface area (Å²) in [4.78, 5) is 11.8. The Morgan fingerprint density at radius 1 is 1.37 bits per heavy atom. The number of ether oxygens (including phenoxy) is 1. The molecule has 0 atom stereocenters. The molecule has 0 unspecified atom stereocenters. The summed E-state index contributed by atoms with van der Waals surface area (Å²) in [5.74, 6) is -0.378. The van der Waals surface area contributed by atoms with Crippen LogP contribution in [0.3, 0.4) is 0 Å². The summed E-state index contributed by atoms with van der Waals surface area (Å²) >= 11 is 1.12. The highest BCUT2D eigenvalue weighted by Gasteiger charge is 2.17. The zero-order valence-corrected chi connectivity index (χ0v) is 11.6. The monoisotopic (exact) mass is 276 g/mol. The summed E-state index contributed by atoms with van der Waals surface area (Å²) in [5.41, 5.74) is 7.98. The van der Waals surface area contributed by atoms with E-state index < -0.39 is 0 Å². The van der Waals surface area contributed by atoms with Gasteiger partial charge < -0.3 is 10.5 Å². The van der Waals surface area contributed by atoms with Gasteiger partial charge >= 0.3 is 5.97 Å². The molecule has 4 nitrogen and oxygen atoms in total. The molecule has 100 valence electrons. The second-order valence-corrected chi connectivity index (χ2v) is 5.04. The number of aromatic nitrogens is 1. The number of carbonyl (C=O) groups is 1. The lowest BCUT2D eigenvalue weighted by atomic mass is 10.1. The largest absolute Gasteiger partial charge is 0.462 e. The Morgan fingerprint density at radius 2 is 2.11 bits per heavy atom. The molecule has 0 amide bonds. The van der Waals surface area contributed by atoms with Gasteiger partial charge in [-0.1, -0.05) is 30.3 Å². The lowest BCUT2D eigenvalue weighted by Crippen LogP contribution is -2.09. The van der Waals surface area contributed by atoms with Crippen molar-refractivity contribution in [2.45, 2.75) is 19.8 Å². The van der Waals surface area contributed by atoms with Gasteiger partial charge in [-0.05, 0) is 36.9 Å². The van der Waals surface area contributed by atoms with E-state index in [1.165, 1.54) is 5.56 Å². The van der Waals surface area contributed by atoms with Crippen LogP contribution in [-0.4, -0.2) is 16.9 Å². The van der Waals surface area contributed by atoms with E-state index in [0.717, 1.165) is 24.4 Å². The van der Waals surface area contributed by atoms with Crippen molar-refractivity contribution < 1.29 is 9.53 Å². The fourth-order valence-corrected chi connectivity index (χ4v) is 2.44. The molecule has 0 bridgehead atoms. The smallest absolute Gasteiger partial charge is 0.343 e. The van der Waals surface area contributed by atoms with Gasteiger partial charge in [-0.3, -0.25) is 0 Å². The van der Waals surface area contributed by atoms with Crippen molar-refractivity contribution in [1.29, 1.82) is 0 Å². The highest BCUT2D eigenvalue weighted by Crippen LogP contribution is 2.21. The first-order chi connectivity index (χ1) is 9.18. The third-order valence-electron chi connectivity index (χ3n) is 2.78. The van der Waals surface area contributed by atoms with Crippen LogP contribution in [0, 0.1) is 6.92 Å². The van der Waals surface area contributed by atoms with E-state index >= 15 is 0 Å². The van der Waals surface area contributed by atoms with E-state index in [-0.39, 0.29) is 5.97 Å². The molecule has 0 aliphatic carbocycles. The first-order valence-corrected chi connectivity index (χ1v) is 6.88. The van der Waals surface area contributed by atoms with Gasteiger partial charge in [0.25, 0.3) is 0 Å². The molecule has 19 heavy (non-hydrogen) atoms. The summed E-state index contributed by atoms with van der Waals surface area (Å²) in [7, 11) is 0. The number of anilines is 1. The maximum atomic E-state index is 11.8. The number of hydrogen-bond acceptors (Lipinski definition) is 5. The zero-order chi connectivity index (χ0) is 13.7. The number of hydrogen-bond donors (Lipinski definition) is 1. The van der Waals surface area contributed by atoms with Gasteiger partial charge in [-0.2, -0.15) is 4.37 Å². The minimum atomic E-state index is -0.378. The Balaban J connectivity index is 1.79. The summed E-state index contributed by atoms with van der Waals surface area (Å²) in [6.07, 6.45) is 1.69. The fraction of sp³-hybridized carbons (Fsp3) is 0.286. The van der Waals surface area contributed by atoms with Crippen molar-refractivity contribution in [3.8, 4) is 0 Å². The third kappa shape index (κ3) is 3.54. The van der Waals surface area contributed by atoms with Crippen molar-refractivity contribution in [1.82, 2.24) is 4.37 Å². The van der Waals surface area contributed by atoms with Crippen LogP contribution in [0.1, 0.15) is 28.0 Å². The van der Waals surface area contributed by atoms with Crippen LogP contribution in [0.25, 0.3) is 0 Å². The van der Waals surface area contributed by atoms with Crippen molar-refractivity contribution in [3.63, 3.8) is 0 Å². The minimum absolute atomic E-state index is 0.378. The third-order valence-corrected chi connectivity index (χ3v) is 3.54. The van der Waals surface area contributed by atoms with Crippen LogP contribution in [-0.2, 0) is 11.2 Å². The Morgan fingerprint density at radius 3 is 2.74 bits per heavy atom. The maximum absolute atomic E-state index is 11.8. The zero-order valence-electron chi connectivity index (χ0n) is 10.8. The van der Waals surface area contributed by atoms with E-state index in [4.69, 9.17) is 10.5 Å². The Hall–Kier alpha value is -1.88. The van der Waals surface area contributed by atoms with E-state index in [9.17, 15) is 4.79 Å². The van der Waals surface area contributed by atoms with Crippen LogP contribution >= 0.6 is 11.5 Å². The van der Waals surface area contributed by atoms with E-state index in [1.54, 1.807) is 6.92 Å². The van der Waals surface area contributed by atoms with Gasteiger partial charge in [0, 0.05) is 0 Å². The summed E-state index contributed by atoms with van der Waals surface area (Å²) in [5, 5.41) is 0.422. The number of benzene rings is 1. The quantitative estimate of drug-likeness (QED) is 0.673. The Kier molecular flexibility index (Phi) is 4.52. The number of nitrogen functional groups attached to an aromatic ring is 1. The van der Waals surface area contributed by atoms with E-state index in [2.05, 4.69) is 16.5 Å². The van der Waals surface area contributed by atoms with Crippen molar-refractivity contribution in [2.24, 2.45) is 0 Å². The van der Waals surface area contributed by atoms with Crippen molar-refractivity contribution >= 4 is 22.5 Å². The molecule has 0 fully saturated rings. The number of nitrogens with two attached hydrogens (primary N) is 1. The average Bonchev–Trinajstić information content (AvgIpc) is 2.75. The molecular weight excluding hydrogens is 260 g/mol. The molecule has 5 heteroatoms. The predicted octanol–water partition coefficient (Wildman–Crippen LogP) is 2.82. The molecule has 1 heterocycles. The standard InChI is InChI=1S/C14H16N2O2S/c1-10-12(13(15)19-16-10)14(17)18-9-5-8-11-6-3-2-4-7-11/h2-4,6-7H,5,8-9,15H2,1H3. The molecule has 2 rings (SSSR count). The average molecular weight is 276 g/mol. The first kappa shape index (κ1) is 13.5. The van der Waals surface area contributed by atoms with Crippen LogP contribution in [0.2, 0.25) is 0 Å². The second-order valence-electron chi connectivity index (χ2n) is 4.23. The van der Waals surface area contributed by atoms with Crippen molar-refractivity contribution in [3.05, 3.63) is 47.2 Å². The summed E-state index contributed by atoms with van der Waals surface area (Å²) < 4.78 is 9.25. The summed E-state index contributed by atoms with van der Waals surface area (Å²) in [6.45, 7) is 2.15. The molecule has 1 aromatic carbocycles. The molecule has 2 aromatic rings. The highest BCUT2D eigenvalue weighted by atomic mass is 32.1. The second kappa shape index (κ2) is 6.33. The number of nitrogens with zero attached hydrogens (tertiary/aromatic N) is 1. The SMILES string of the molecule is Cc1nsc(N)c1C(=O)OCCCc1ccccc1. The molecule has 0 spiro atoms. The number of esters is 1. The fourth-order valence-electron chi connectivity index (χ4n) is 1.79. The van der Waals surface area contributed by atoms with Gasteiger partial charge in [0.05, 0.1) is 12.3 Å². The van der Waals surface area contributed by atoms with Crippen LogP contribution < -0.4 is 5.73 Å². The van der Waals surface area contributed by atoms with Gasteiger partial charge in [0.15, 0.2) is 0 Å². The molecular formula is C14H16N2O2S. The molecule has 0 radical (unpaired) electrons. The summed E-state index contributed by atoms with van der Waals surface area (Å²) in [6, 6.07) is 10.1. The lowest BCUT2D eigenvalue weighted by Gasteiger charge is -2.05. The number of rotatable bonds is 5. The highest BCUT2D eigenvalue weighted by molar-refractivity contribution is 7.10. The van der Waals surface area contributed by atoms with E-state index in [0.29, 0.717) is 22.9 Å². The molecule has 0 aliphatic heterocycles. The van der Waals surface area contributed by atoms with Crippen LogP contribution in [0.4, 0.5) is 5.00 Å². The first-order valence-electron chi connectivity index (χ1n) is 6.11. The van der Waals surface area contributed by atoms with Gasteiger partial charge in [-0.15, -0.1) is 0 Å². The van der Waals surface area contributed by atoms with Gasteiger partial charge in [0.2, 0.25) is 0 Å². The molecule has 2 N–H and O–H groups in total. The number of carbonyl (C=O) groups excluding carboxylic acids is 1. The van der Waals surface area contributed by atoms with Crippen molar-refractivity contribution in [2.75, 3.05) is 12.3 Å². The minimum Gasteiger partial charge on any atom is -0.462 e. The van der Waals surface area contributed by atoms with Crippen LogP contribution in [0.5, 0.6) is 0 Å². The predicted molar refractivity (Wildman–Crippen MR) is 76.3 cm³/mol. The topological polar surface area (TPSA) is 65.2 Å². The molecule has 1 aromatic heterocycles. The van der Waals surface area contributed by atoms with Gasteiger partial charge in [0.1, 0.15) is 10.6 Å².